The molecule has 0 bridgehead atoms. The van der Waals surface area contributed by atoms with Gasteiger partial charge >= 0.3 is 5.69 Å². The van der Waals surface area contributed by atoms with Crippen molar-refractivity contribution in [1.29, 1.82) is 0 Å². The predicted molar refractivity (Wildman–Crippen MR) is 58.5 cm³/mol. The highest BCUT2D eigenvalue weighted by molar-refractivity contribution is 5.56. The van der Waals surface area contributed by atoms with Crippen LogP contribution in [0.2, 0.25) is 0 Å². The first-order chi connectivity index (χ1) is 9.27. The van der Waals surface area contributed by atoms with Crippen LogP contribution in [0.5, 0.6) is 0 Å². The second kappa shape index (κ2) is 4.21. The molecule has 3 aromatic rings. The van der Waals surface area contributed by atoms with Crippen LogP contribution in [0, 0.1) is 10.1 Å². The van der Waals surface area contributed by atoms with Gasteiger partial charge in [0.05, 0.1) is 4.92 Å². The normalized spacial score (nSPS) is 10.5. The van der Waals surface area contributed by atoms with Crippen LogP contribution in [0.25, 0.3) is 11.6 Å². The lowest BCUT2D eigenvalue weighted by Gasteiger charge is -2.04. The average molecular weight is 259 g/mol. The molecule has 0 saturated carbocycles. The fourth-order valence-corrected chi connectivity index (χ4v) is 1.49. The van der Waals surface area contributed by atoms with E-state index in [-0.39, 0.29) is 17.3 Å². The predicted octanol–water partition coefficient (Wildman–Crippen LogP) is -0.454. The summed E-state index contributed by atoms with van der Waals surface area (Å²) < 4.78 is 2.36. The summed E-state index contributed by atoms with van der Waals surface area (Å²) in [5.41, 5.74) is -0.335. The van der Waals surface area contributed by atoms with Gasteiger partial charge in [-0.15, -0.1) is 0 Å². The zero-order chi connectivity index (χ0) is 13.2. The molecule has 0 N–H and O–H groups in total. The quantitative estimate of drug-likeness (QED) is 0.456. The van der Waals surface area contributed by atoms with Gasteiger partial charge in [-0.3, -0.25) is 10.1 Å². The molecular weight excluding hydrogens is 254 g/mol. The molecule has 0 aliphatic heterocycles. The van der Waals surface area contributed by atoms with Crippen LogP contribution in [0.15, 0.2) is 31.6 Å². The summed E-state index contributed by atoms with van der Waals surface area (Å²) >= 11 is 0. The number of hydrogen-bond donors (Lipinski definition) is 0. The summed E-state index contributed by atoms with van der Waals surface area (Å²) in [5.74, 6) is 0.00556. The highest BCUT2D eigenvalue weighted by Crippen LogP contribution is 2.24. The fourth-order valence-electron chi connectivity index (χ4n) is 1.49. The van der Waals surface area contributed by atoms with Gasteiger partial charge in [-0.2, -0.15) is 19.6 Å². The third-order valence-corrected chi connectivity index (χ3v) is 2.24. The fraction of sp³-hybridized carbons (Fsp3) is 0. The number of nitro groups is 1. The molecule has 0 saturated heterocycles. The summed E-state index contributed by atoms with van der Waals surface area (Å²) in [5, 5.41) is 18.9. The van der Waals surface area contributed by atoms with E-state index in [0.29, 0.717) is 0 Å². The Balaban J connectivity index is 2.27. The van der Waals surface area contributed by atoms with Crippen LogP contribution in [-0.4, -0.2) is 44.4 Å². The summed E-state index contributed by atoms with van der Waals surface area (Å²) in [6.45, 7) is 0. The van der Waals surface area contributed by atoms with Crippen molar-refractivity contribution in [3.05, 3.63) is 41.8 Å². The maximum absolute atomic E-state index is 11.2. The van der Waals surface area contributed by atoms with E-state index in [1.165, 1.54) is 41.0 Å². The Bertz CT molecular complexity index is 653. The molecule has 0 fully saturated rings. The highest BCUT2D eigenvalue weighted by Gasteiger charge is 2.26. The minimum absolute atomic E-state index is 0.00278. The Labute approximate surface area is 104 Å². The van der Waals surface area contributed by atoms with Gasteiger partial charge in [-0.25, -0.2) is 19.9 Å². The smallest absolute Gasteiger partial charge is 0.258 e. The maximum Gasteiger partial charge on any atom is 0.358 e. The van der Waals surface area contributed by atoms with E-state index < -0.39 is 4.92 Å². The van der Waals surface area contributed by atoms with Crippen LogP contribution in [0.4, 0.5) is 5.69 Å². The Morgan fingerprint density at radius 1 is 0.947 bits per heavy atom. The molecule has 11 nitrogen and oxygen atoms in total. The van der Waals surface area contributed by atoms with Crippen molar-refractivity contribution >= 4 is 5.69 Å². The van der Waals surface area contributed by atoms with Crippen molar-refractivity contribution in [3.8, 4) is 11.6 Å². The van der Waals surface area contributed by atoms with Gasteiger partial charge in [0, 0.05) is 0 Å². The van der Waals surface area contributed by atoms with Crippen LogP contribution in [-0.2, 0) is 0 Å². The largest absolute Gasteiger partial charge is 0.358 e. The summed E-state index contributed by atoms with van der Waals surface area (Å²) in [6.07, 6.45) is 6.30. The van der Waals surface area contributed by atoms with Gasteiger partial charge in [0.1, 0.15) is 31.6 Å². The molecule has 94 valence electrons. The second-order valence-corrected chi connectivity index (χ2v) is 3.31. The minimum atomic E-state index is -0.603. The van der Waals surface area contributed by atoms with Crippen LogP contribution in [0.3, 0.4) is 0 Å². The lowest BCUT2D eigenvalue weighted by Crippen LogP contribution is -2.10. The molecule has 3 heterocycles. The van der Waals surface area contributed by atoms with E-state index in [1.807, 2.05) is 0 Å². The maximum atomic E-state index is 11.2. The summed E-state index contributed by atoms with van der Waals surface area (Å²) in [6, 6.07) is 0. The number of rotatable bonds is 3. The van der Waals surface area contributed by atoms with Gasteiger partial charge in [0.15, 0.2) is 0 Å². The average Bonchev–Trinajstić information content (AvgIpc) is 3.11. The van der Waals surface area contributed by atoms with Crippen molar-refractivity contribution in [2.75, 3.05) is 0 Å². The topological polar surface area (TPSA) is 130 Å². The van der Waals surface area contributed by atoms with Crippen LogP contribution >= 0.6 is 0 Å². The first-order valence-electron chi connectivity index (χ1n) is 4.97. The third kappa shape index (κ3) is 1.78. The Morgan fingerprint density at radius 3 is 1.84 bits per heavy atom. The molecule has 0 atom stereocenters. The lowest BCUT2D eigenvalue weighted by atomic mass is 10.4. The minimum Gasteiger partial charge on any atom is -0.258 e. The first-order valence-corrected chi connectivity index (χ1v) is 4.97. The van der Waals surface area contributed by atoms with Gasteiger partial charge in [0.2, 0.25) is 11.6 Å². The molecule has 3 rings (SSSR count). The SMILES string of the molecule is O=[N+]([O-])c1c(-n2cncn2)ncnc1-n1cncn1. The molecule has 0 radical (unpaired) electrons. The number of aromatic nitrogens is 8. The summed E-state index contributed by atoms with van der Waals surface area (Å²) in [4.78, 5) is 25.8. The molecule has 0 aliphatic rings. The van der Waals surface area contributed by atoms with Gasteiger partial charge in [-0.1, -0.05) is 0 Å². The number of hydrogen-bond acceptors (Lipinski definition) is 8. The van der Waals surface area contributed by atoms with Crippen molar-refractivity contribution < 1.29 is 4.92 Å². The zero-order valence-electron chi connectivity index (χ0n) is 9.23. The van der Waals surface area contributed by atoms with Gasteiger partial charge in [-0.05, 0) is 0 Å². The van der Waals surface area contributed by atoms with E-state index in [1.54, 1.807) is 0 Å². The molecular formula is C8H5N9O2. The van der Waals surface area contributed by atoms with E-state index >= 15 is 0 Å². The molecule has 0 amide bonds. The molecule has 0 aliphatic carbocycles. The third-order valence-electron chi connectivity index (χ3n) is 2.24. The van der Waals surface area contributed by atoms with Crippen molar-refractivity contribution in [1.82, 2.24) is 39.5 Å². The molecule has 0 spiro atoms. The molecule has 11 heteroatoms. The monoisotopic (exact) mass is 259 g/mol. The molecule has 3 aromatic heterocycles. The van der Waals surface area contributed by atoms with Gasteiger partial charge in [0.25, 0.3) is 0 Å². The van der Waals surface area contributed by atoms with E-state index in [0.717, 1.165) is 0 Å². The number of nitrogens with zero attached hydrogens (tertiary/aromatic N) is 9. The summed E-state index contributed by atoms with van der Waals surface area (Å²) in [7, 11) is 0. The molecule has 19 heavy (non-hydrogen) atoms. The van der Waals surface area contributed by atoms with E-state index in [2.05, 4.69) is 30.1 Å². The highest BCUT2D eigenvalue weighted by atomic mass is 16.6. The van der Waals surface area contributed by atoms with Crippen molar-refractivity contribution in [2.45, 2.75) is 0 Å². The first kappa shape index (κ1) is 10.9. The Morgan fingerprint density at radius 2 is 1.47 bits per heavy atom. The second-order valence-electron chi connectivity index (χ2n) is 3.31. The van der Waals surface area contributed by atoms with Gasteiger partial charge < -0.3 is 0 Å². The van der Waals surface area contributed by atoms with E-state index in [9.17, 15) is 10.1 Å². The zero-order valence-corrected chi connectivity index (χ0v) is 9.23. The Kier molecular flexibility index (Phi) is 2.41. The van der Waals surface area contributed by atoms with Crippen molar-refractivity contribution in [2.24, 2.45) is 0 Å². The Hall–Kier alpha value is -3.24. The van der Waals surface area contributed by atoms with E-state index in [4.69, 9.17) is 0 Å². The molecule has 0 aromatic carbocycles. The van der Waals surface area contributed by atoms with Crippen LogP contribution < -0.4 is 0 Å². The van der Waals surface area contributed by atoms with Crippen molar-refractivity contribution in [3.63, 3.8) is 0 Å². The standard InChI is InChI=1S/C8H5N9O2/c18-17(19)6-7(15-4-9-1-13-15)11-3-12-8(6)16-5-10-2-14-16/h1-5H. The lowest BCUT2D eigenvalue weighted by molar-refractivity contribution is -0.385. The molecule has 0 unspecified atom stereocenters. The van der Waals surface area contributed by atoms with Crippen LogP contribution in [0.1, 0.15) is 0 Å².